The van der Waals surface area contributed by atoms with Gasteiger partial charge in [0, 0.05) is 91.0 Å². The smallest absolute Gasteiger partial charge is 0.416 e. The van der Waals surface area contributed by atoms with Crippen LogP contribution in [0.1, 0.15) is 128 Å². The van der Waals surface area contributed by atoms with Crippen molar-refractivity contribution in [2.45, 2.75) is 115 Å². The molecule has 4 aromatic carbocycles. The summed E-state index contributed by atoms with van der Waals surface area (Å²) in [7, 11) is 1.80. The number of benzene rings is 4. The Hall–Kier alpha value is -6.19. The number of nitrogens with one attached hydrogen (secondary N) is 2. The lowest BCUT2D eigenvalue weighted by Gasteiger charge is -2.29. The molecule has 3 amide bonds. The number of piperidine rings is 1. The van der Waals surface area contributed by atoms with Crippen molar-refractivity contribution in [1.29, 1.82) is 0 Å². The highest BCUT2D eigenvalue weighted by Gasteiger charge is 2.30. The maximum atomic E-state index is 14.0. The number of aromatic nitrogens is 1. The van der Waals surface area contributed by atoms with Gasteiger partial charge in [0.2, 0.25) is 0 Å². The predicted octanol–water partition coefficient (Wildman–Crippen LogP) is 12.2. The van der Waals surface area contributed by atoms with Crippen molar-refractivity contribution in [3.8, 4) is 11.3 Å². The zero-order valence-corrected chi connectivity index (χ0v) is 42.6. The second kappa shape index (κ2) is 24.3. The van der Waals surface area contributed by atoms with Crippen LogP contribution in [0.3, 0.4) is 0 Å². The Bertz CT molecular complexity index is 2640. The first-order chi connectivity index (χ1) is 33.6. The molecule has 15 heteroatoms. The summed E-state index contributed by atoms with van der Waals surface area (Å²) in [4.78, 5) is 62.7. The number of ether oxygens (including phenoxy) is 2. The number of thioether (sulfide) groups is 1. The number of hydrogen-bond acceptors (Lipinski definition) is 9. The van der Waals surface area contributed by atoms with Crippen molar-refractivity contribution < 1.29 is 41.8 Å². The highest BCUT2D eigenvalue weighted by Crippen LogP contribution is 2.34. The summed E-state index contributed by atoms with van der Waals surface area (Å²) in [5, 5.41) is 5.81. The topological polar surface area (TPSA) is 130 Å². The number of anilines is 2. The lowest BCUT2D eigenvalue weighted by molar-refractivity contribution is -0.156. The van der Waals surface area contributed by atoms with Crippen LogP contribution in [0.2, 0.25) is 0 Å². The number of halogens is 3. The molecule has 1 saturated heterocycles. The van der Waals surface area contributed by atoms with Crippen molar-refractivity contribution >= 4 is 46.8 Å². The third-order valence-electron chi connectivity index (χ3n) is 12.0. The number of hydrogen-bond donors (Lipinski definition) is 2. The van der Waals surface area contributed by atoms with E-state index >= 15 is 0 Å². The van der Waals surface area contributed by atoms with Gasteiger partial charge in [0.05, 0.1) is 22.5 Å². The van der Waals surface area contributed by atoms with Gasteiger partial charge in [-0.25, -0.2) is 0 Å². The molecule has 1 aliphatic rings. The Morgan fingerprint density at radius 3 is 2.25 bits per heavy atom. The van der Waals surface area contributed by atoms with Gasteiger partial charge in [0.25, 0.3) is 17.7 Å². The summed E-state index contributed by atoms with van der Waals surface area (Å²) in [5.74, 6) is -0.425. The number of carbonyl (C=O) groups excluding carboxylic acids is 4. The zero-order valence-electron chi connectivity index (χ0n) is 41.8. The number of alkyl halides is 3. The van der Waals surface area contributed by atoms with Crippen LogP contribution in [-0.2, 0) is 32.7 Å². The Morgan fingerprint density at radius 2 is 1.51 bits per heavy atom. The second-order valence-electron chi connectivity index (χ2n) is 19.8. The first-order valence-electron chi connectivity index (χ1n) is 24.2. The van der Waals surface area contributed by atoms with Gasteiger partial charge in [-0.15, -0.1) is 11.8 Å². The maximum Gasteiger partial charge on any atom is 0.416 e. The highest BCUT2D eigenvalue weighted by molar-refractivity contribution is 7.98. The molecule has 6 rings (SSSR count). The molecule has 2 N–H and O–H groups in total. The van der Waals surface area contributed by atoms with Gasteiger partial charge in [-0.3, -0.25) is 24.2 Å². The number of nitrogens with zero attached hydrogens (tertiary/aromatic N) is 3. The van der Waals surface area contributed by atoms with Crippen LogP contribution in [0.15, 0.2) is 114 Å². The molecule has 0 spiro atoms. The molecule has 378 valence electrons. The van der Waals surface area contributed by atoms with E-state index in [0.29, 0.717) is 59.0 Å². The monoisotopic (exact) mass is 993 g/mol. The summed E-state index contributed by atoms with van der Waals surface area (Å²) >= 11 is 1.56. The molecular formula is C56H66F3N5O6S. The lowest BCUT2D eigenvalue weighted by Crippen LogP contribution is -2.32. The molecule has 1 aliphatic heterocycles. The van der Waals surface area contributed by atoms with Crippen molar-refractivity contribution in [2.75, 3.05) is 43.5 Å². The van der Waals surface area contributed by atoms with E-state index in [1.165, 1.54) is 24.4 Å². The van der Waals surface area contributed by atoms with Crippen LogP contribution >= 0.6 is 11.8 Å². The fourth-order valence-electron chi connectivity index (χ4n) is 8.21. The molecule has 5 aromatic rings. The van der Waals surface area contributed by atoms with Gasteiger partial charge in [-0.05, 0) is 157 Å². The Labute approximate surface area is 420 Å². The molecule has 2 heterocycles. The standard InChI is InChI=1S/C56H66F3N5O6S/c1-38(24-29-69-55(5,6)25-22-50(65)70-54(2,3)4)36-63(7)53(68)43-17-13-19-46(32-43)71-37-40-15-11-16-41(30-40)52(67)62-48-21-20-45(64-27-9-8-10-28-64)34-47(48)49-33-42(23-26-60-49)51(66)61-35-39-14-12-18-44(31-39)56(57,58)59/h11-21,23,26,30-34,38H,8-10,22,24-25,27-29,35-37H2,1-7H3,(H,61,66)(H,62,67). The molecule has 11 nitrogen and oxygen atoms in total. The fourth-order valence-corrected chi connectivity index (χ4v) is 9.11. The minimum Gasteiger partial charge on any atom is -0.460 e. The van der Waals surface area contributed by atoms with Crippen molar-refractivity contribution in [1.82, 2.24) is 15.2 Å². The van der Waals surface area contributed by atoms with Crippen molar-refractivity contribution in [3.05, 3.63) is 143 Å². The minimum absolute atomic E-state index is 0.0841. The third kappa shape index (κ3) is 16.7. The number of carbonyl (C=O) groups is 4. The first-order valence-corrected chi connectivity index (χ1v) is 25.2. The van der Waals surface area contributed by atoms with Gasteiger partial charge >= 0.3 is 12.1 Å². The molecule has 0 saturated carbocycles. The molecule has 0 bridgehead atoms. The van der Waals surface area contributed by atoms with E-state index in [-0.39, 0.29) is 42.2 Å². The molecule has 71 heavy (non-hydrogen) atoms. The summed E-state index contributed by atoms with van der Waals surface area (Å²) < 4.78 is 51.5. The zero-order chi connectivity index (χ0) is 51.3. The van der Waals surface area contributed by atoms with E-state index in [4.69, 9.17) is 9.47 Å². The molecular weight excluding hydrogens is 928 g/mol. The Kier molecular flexibility index (Phi) is 18.5. The van der Waals surface area contributed by atoms with Gasteiger partial charge in [-0.1, -0.05) is 37.3 Å². The minimum atomic E-state index is -4.50. The average Bonchev–Trinajstić information content (AvgIpc) is 3.34. The predicted molar refractivity (Wildman–Crippen MR) is 275 cm³/mol. The summed E-state index contributed by atoms with van der Waals surface area (Å²) in [6, 6.07) is 28.7. The summed E-state index contributed by atoms with van der Waals surface area (Å²) in [6.07, 6.45) is 1.83. The third-order valence-corrected chi connectivity index (χ3v) is 13.1. The van der Waals surface area contributed by atoms with Crippen molar-refractivity contribution in [3.63, 3.8) is 0 Å². The van der Waals surface area contributed by atoms with E-state index in [9.17, 15) is 32.3 Å². The van der Waals surface area contributed by atoms with E-state index in [1.54, 1.807) is 35.8 Å². The SMILES string of the molecule is CC(CCOC(C)(C)CCC(=O)OC(C)(C)C)CN(C)C(=O)c1cccc(SCc2cccc(C(=O)Nc3ccc(N4CCCCC4)cc3-c3cc(C(=O)NCc4cccc(C(F)(F)F)c4)ccn3)c2)c1. The average molecular weight is 994 g/mol. The van der Waals surface area contributed by atoms with Crippen LogP contribution in [0.4, 0.5) is 24.5 Å². The summed E-state index contributed by atoms with van der Waals surface area (Å²) in [6.45, 7) is 14.3. The Morgan fingerprint density at radius 1 is 0.803 bits per heavy atom. The highest BCUT2D eigenvalue weighted by atomic mass is 32.2. The van der Waals surface area contributed by atoms with Crippen LogP contribution in [0.5, 0.6) is 0 Å². The first kappa shape index (κ1) is 54.1. The molecule has 1 fully saturated rings. The number of amides is 3. The van der Waals surface area contributed by atoms with E-state index in [1.807, 2.05) is 95.3 Å². The molecule has 1 unspecified atom stereocenters. The Balaban J connectivity index is 1.06. The molecule has 0 radical (unpaired) electrons. The normalized spacial score (nSPS) is 13.6. The van der Waals surface area contributed by atoms with Crippen LogP contribution in [-0.4, -0.2) is 78.1 Å². The lowest BCUT2D eigenvalue weighted by atomic mass is 10.0. The fraction of sp³-hybridized carbons (Fsp3) is 0.411. The second-order valence-corrected chi connectivity index (χ2v) is 20.9. The van der Waals surface area contributed by atoms with E-state index in [0.717, 1.165) is 67.1 Å². The molecule has 0 aliphatic carbocycles. The molecule has 1 atom stereocenters. The largest absolute Gasteiger partial charge is 0.460 e. The van der Waals surface area contributed by atoms with E-state index in [2.05, 4.69) is 27.4 Å². The number of esters is 1. The van der Waals surface area contributed by atoms with Crippen LogP contribution in [0.25, 0.3) is 11.3 Å². The van der Waals surface area contributed by atoms with Crippen LogP contribution < -0.4 is 15.5 Å². The number of pyridine rings is 1. The van der Waals surface area contributed by atoms with E-state index < -0.39 is 28.8 Å². The van der Waals surface area contributed by atoms with Gasteiger partial charge in [0.1, 0.15) is 5.60 Å². The summed E-state index contributed by atoms with van der Waals surface area (Å²) in [5.41, 5.74) is 3.20. The van der Waals surface area contributed by atoms with Gasteiger partial charge in [0.15, 0.2) is 0 Å². The van der Waals surface area contributed by atoms with Gasteiger partial charge in [-0.2, -0.15) is 13.2 Å². The van der Waals surface area contributed by atoms with Crippen LogP contribution in [0, 0.1) is 5.92 Å². The van der Waals surface area contributed by atoms with Gasteiger partial charge < -0.3 is 29.9 Å². The van der Waals surface area contributed by atoms with Crippen molar-refractivity contribution in [2.24, 2.45) is 5.92 Å². The molecule has 1 aromatic heterocycles. The quantitative estimate of drug-likeness (QED) is 0.0578. The number of rotatable bonds is 20. The maximum absolute atomic E-state index is 14.0.